The van der Waals surface area contributed by atoms with Crippen molar-refractivity contribution in [2.75, 3.05) is 30.4 Å². The van der Waals surface area contributed by atoms with E-state index >= 15 is 0 Å². The fourth-order valence-corrected chi connectivity index (χ4v) is 2.41. The highest BCUT2D eigenvalue weighted by Gasteiger charge is 2.26. The molecule has 1 aliphatic rings. The van der Waals surface area contributed by atoms with Crippen LogP contribution in [0.4, 0.5) is 11.9 Å². The second-order valence-corrected chi connectivity index (χ2v) is 5.24. The lowest BCUT2D eigenvalue weighted by atomic mass is 9.97. The van der Waals surface area contributed by atoms with Crippen LogP contribution >= 0.6 is 0 Å². The van der Waals surface area contributed by atoms with Gasteiger partial charge in [0.1, 0.15) is 0 Å². The van der Waals surface area contributed by atoms with Gasteiger partial charge in [0.25, 0.3) is 5.95 Å². The first-order valence-electron chi connectivity index (χ1n) is 7.04. The first-order valence-corrected chi connectivity index (χ1v) is 7.04. The van der Waals surface area contributed by atoms with Crippen LogP contribution in [0.5, 0.6) is 0 Å². The minimum absolute atomic E-state index is 0.196. The Morgan fingerprint density at radius 3 is 2.76 bits per heavy atom. The van der Waals surface area contributed by atoms with E-state index in [0.29, 0.717) is 17.8 Å². The number of rotatable bonds is 3. The quantitative estimate of drug-likeness (QED) is 0.840. The smallest absolute Gasteiger partial charge is 0.257 e. The van der Waals surface area contributed by atoms with Crippen LogP contribution in [0.3, 0.4) is 0 Å². The van der Waals surface area contributed by atoms with Gasteiger partial charge in [-0.15, -0.1) is 0 Å². The molecule has 0 amide bonds. The molecule has 2 aromatic rings. The summed E-state index contributed by atoms with van der Waals surface area (Å²) in [5.74, 6) is 1.79. The number of aliphatic hydroxyl groups is 1. The topological polar surface area (TPSA) is 92.0 Å². The summed E-state index contributed by atoms with van der Waals surface area (Å²) in [4.78, 5) is 15.3. The van der Waals surface area contributed by atoms with Crippen LogP contribution in [0.2, 0.25) is 0 Å². The molecule has 2 N–H and O–H groups in total. The van der Waals surface area contributed by atoms with Gasteiger partial charge in [0.2, 0.25) is 11.9 Å². The van der Waals surface area contributed by atoms with Gasteiger partial charge in [0.15, 0.2) is 0 Å². The van der Waals surface area contributed by atoms with Gasteiger partial charge in [-0.05, 0) is 18.4 Å². The van der Waals surface area contributed by atoms with Crippen molar-refractivity contribution in [3.05, 3.63) is 18.5 Å². The maximum Gasteiger partial charge on any atom is 0.257 e. The Balaban J connectivity index is 1.93. The van der Waals surface area contributed by atoms with Gasteiger partial charge in [-0.2, -0.15) is 20.1 Å². The molecule has 8 heteroatoms. The van der Waals surface area contributed by atoms with Crippen LogP contribution in [0.1, 0.15) is 13.3 Å². The van der Waals surface area contributed by atoms with E-state index in [1.54, 1.807) is 24.1 Å². The molecule has 0 aromatic carbocycles. The third-order valence-electron chi connectivity index (χ3n) is 3.69. The third-order valence-corrected chi connectivity index (χ3v) is 3.69. The van der Waals surface area contributed by atoms with E-state index in [0.717, 1.165) is 19.5 Å². The Labute approximate surface area is 122 Å². The van der Waals surface area contributed by atoms with Crippen molar-refractivity contribution in [3.8, 4) is 5.95 Å². The van der Waals surface area contributed by atoms with Crippen LogP contribution in [-0.2, 0) is 0 Å². The van der Waals surface area contributed by atoms with Crippen LogP contribution in [-0.4, -0.2) is 56.1 Å². The monoisotopic (exact) mass is 289 g/mol. The molecule has 0 bridgehead atoms. The van der Waals surface area contributed by atoms with Crippen LogP contribution < -0.4 is 10.2 Å². The van der Waals surface area contributed by atoms with Crippen molar-refractivity contribution in [1.82, 2.24) is 24.7 Å². The van der Waals surface area contributed by atoms with Crippen molar-refractivity contribution in [2.24, 2.45) is 5.92 Å². The van der Waals surface area contributed by atoms with Gasteiger partial charge in [0, 0.05) is 32.5 Å². The van der Waals surface area contributed by atoms with Gasteiger partial charge in [-0.1, -0.05) is 6.92 Å². The van der Waals surface area contributed by atoms with Crippen molar-refractivity contribution in [1.29, 1.82) is 0 Å². The molecule has 0 radical (unpaired) electrons. The molecule has 1 fully saturated rings. The lowest BCUT2D eigenvalue weighted by Crippen LogP contribution is -2.42. The standard InChI is InChI=1S/C13H19N7O/c1-9-8-19(7-4-10(9)21)12-16-11(14-2)17-13(18-12)20-6-3-5-15-20/h3,5-6,9-10,21H,4,7-8H2,1-2H3,(H,14,16,17,18). The van der Waals surface area contributed by atoms with E-state index in [4.69, 9.17) is 0 Å². The largest absolute Gasteiger partial charge is 0.393 e. The van der Waals surface area contributed by atoms with E-state index < -0.39 is 0 Å². The first kappa shape index (κ1) is 13.7. The molecular formula is C13H19N7O. The maximum atomic E-state index is 9.84. The predicted octanol–water partition coefficient (Wildman–Crippen LogP) is 0.306. The molecule has 21 heavy (non-hydrogen) atoms. The molecule has 3 heterocycles. The molecule has 1 saturated heterocycles. The van der Waals surface area contributed by atoms with Gasteiger partial charge in [0.05, 0.1) is 6.10 Å². The number of hydrogen-bond acceptors (Lipinski definition) is 7. The minimum Gasteiger partial charge on any atom is -0.393 e. The second kappa shape index (κ2) is 5.65. The summed E-state index contributed by atoms with van der Waals surface area (Å²) in [6.45, 7) is 3.50. The van der Waals surface area contributed by atoms with Crippen molar-refractivity contribution in [2.45, 2.75) is 19.4 Å². The number of hydrogen-bond donors (Lipinski definition) is 2. The van der Waals surface area contributed by atoms with Crippen LogP contribution in [0.15, 0.2) is 18.5 Å². The molecule has 2 atom stereocenters. The summed E-state index contributed by atoms with van der Waals surface area (Å²) in [5, 5.41) is 16.9. The molecule has 112 valence electrons. The van der Waals surface area contributed by atoms with Crippen molar-refractivity contribution >= 4 is 11.9 Å². The molecule has 2 aromatic heterocycles. The molecule has 0 spiro atoms. The summed E-state index contributed by atoms with van der Waals surface area (Å²) >= 11 is 0. The van der Waals surface area contributed by atoms with Gasteiger partial charge in [-0.3, -0.25) is 0 Å². The highest BCUT2D eigenvalue weighted by atomic mass is 16.3. The summed E-state index contributed by atoms with van der Waals surface area (Å²) in [7, 11) is 1.77. The van der Waals surface area contributed by atoms with Gasteiger partial charge >= 0.3 is 0 Å². The van der Waals surface area contributed by atoms with Gasteiger partial charge < -0.3 is 15.3 Å². The Bertz CT molecular complexity index is 601. The Kier molecular flexibility index (Phi) is 3.70. The fraction of sp³-hybridized carbons (Fsp3) is 0.538. The lowest BCUT2D eigenvalue weighted by Gasteiger charge is -2.34. The molecule has 8 nitrogen and oxygen atoms in total. The molecule has 0 aliphatic carbocycles. The Morgan fingerprint density at radius 2 is 2.10 bits per heavy atom. The van der Waals surface area contributed by atoms with E-state index in [1.807, 2.05) is 13.0 Å². The average molecular weight is 289 g/mol. The van der Waals surface area contributed by atoms with E-state index in [1.165, 1.54) is 0 Å². The summed E-state index contributed by atoms with van der Waals surface area (Å²) in [6, 6.07) is 1.82. The van der Waals surface area contributed by atoms with E-state index in [2.05, 4.69) is 30.3 Å². The summed E-state index contributed by atoms with van der Waals surface area (Å²) in [5.41, 5.74) is 0. The lowest BCUT2D eigenvalue weighted by molar-refractivity contribution is 0.0966. The van der Waals surface area contributed by atoms with Crippen molar-refractivity contribution in [3.63, 3.8) is 0 Å². The molecule has 1 aliphatic heterocycles. The zero-order valence-corrected chi connectivity index (χ0v) is 12.1. The molecule has 0 saturated carbocycles. The fourth-order valence-electron chi connectivity index (χ4n) is 2.41. The van der Waals surface area contributed by atoms with E-state index in [-0.39, 0.29) is 12.0 Å². The zero-order valence-electron chi connectivity index (χ0n) is 12.1. The minimum atomic E-state index is -0.252. The first-order chi connectivity index (χ1) is 10.2. The number of piperidine rings is 1. The molecule has 2 unspecified atom stereocenters. The number of nitrogens with zero attached hydrogens (tertiary/aromatic N) is 6. The molecular weight excluding hydrogens is 270 g/mol. The van der Waals surface area contributed by atoms with E-state index in [9.17, 15) is 5.11 Å². The normalized spacial score (nSPS) is 22.3. The van der Waals surface area contributed by atoms with Gasteiger partial charge in [-0.25, -0.2) is 4.68 Å². The average Bonchev–Trinajstić information content (AvgIpc) is 3.04. The highest BCUT2D eigenvalue weighted by Crippen LogP contribution is 2.21. The SMILES string of the molecule is CNc1nc(N2CCC(O)C(C)C2)nc(-n2cccn2)n1. The number of aliphatic hydroxyl groups excluding tert-OH is 1. The highest BCUT2D eigenvalue weighted by molar-refractivity contribution is 5.40. The number of aromatic nitrogens is 5. The Morgan fingerprint density at radius 1 is 1.29 bits per heavy atom. The number of nitrogens with one attached hydrogen (secondary N) is 1. The van der Waals surface area contributed by atoms with Crippen LogP contribution in [0.25, 0.3) is 5.95 Å². The summed E-state index contributed by atoms with van der Waals surface area (Å²) in [6.07, 6.45) is 3.94. The third kappa shape index (κ3) is 2.80. The second-order valence-electron chi connectivity index (χ2n) is 5.24. The van der Waals surface area contributed by atoms with Crippen LogP contribution in [0, 0.1) is 5.92 Å². The zero-order chi connectivity index (χ0) is 14.8. The predicted molar refractivity (Wildman–Crippen MR) is 78.5 cm³/mol. The maximum absolute atomic E-state index is 9.84. The summed E-state index contributed by atoms with van der Waals surface area (Å²) < 4.78 is 1.61. The molecule has 3 rings (SSSR count). The Hall–Kier alpha value is -2.22. The van der Waals surface area contributed by atoms with Crippen molar-refractivity contribution < 1.29 is 5.11 Å². The number of anilines is 2.